The van der Waals surface area contributed by atoms with E-state index in [-0.39, 0.29) is 11.8 Å². The quantitative estimate of drug-likeness (QED) is 0.668. The number of benzene rings is 1. The number of rotatable bonds is 3. The molecule has 0 unspecified atom stereocenters. The van der Waals surface area contributed by atoms with Crippen LogP contribution in [-0.2, 0) is 4.74 Å². The van der Waals surface area contributed by atoms with Gasteiger partial charge in [0, 0.05) is 20.5 Å². The highest BCUT2D eigenvalue weighted by Gasteiger charge is 2.26. The number of fused-ring (bicyclic) bond motifs is 1. The van der Waals surface area contributed by atoms with Gasteiger partial charge >= 0.3 is 0 Å². The Bertz CT molecular complexity index is 941. The lowest BCUT2D eigenvalue weighted by Crippen LogP contribution is -2.32. The molecule has 1 aliphatic heterocycles. The van der Waals surface area contributed by atoms with E-state index in [9.17, 15) is 10.2 Å². The molecule has 0 saturated carbocycles. The Morgan fingerprint density at radius 1 is 1.20 bits per heavy atom. The fraction of sp³-hybridized carbons (Fsp3) is 0.333. The molecule has 2 aromatic heterocycles. The number of aryl methyl sites for hydroxylation is 2. The second-order valence-electron chi connectivity index (χ2n) is 6.35. The molecule has 7 heteroatoms. The monoisotopic (exact) mass is 357 g/mol. The number of hydrogen-bond donors (Lipinski definition) is 3. The van der Waals surface area contributed by atoms with E-state index in [0.29, 0.717) is 30.3 Å². The predicted molar refractivity (Wildman–Crippen MR) is 98.2 cm³/mol. The molecular formula is C18H19N3O3S. The van der Waals surface area contributed by atoms with E-state index in [1.807, 2.05) is 38.1 Å². The van der Waals surface area contributed by atoms with Crippen LogP contribution in [0, 0.1) is 13.8 Å². The van der Waals surface area contributed by atoms with Gasteiger partial charge in [-0.3, -0.25) is 0 Å². The largest absolute Gasteiger partial charge is 0.507 e. The van der Waals surface area contributed by atoms with Crippen molar-refractivity contribution in [1.82, 2.24) is 10.2 Å². The van der Waals surface area contributed by atoms with Crippen LogP contribution in [0.2, 0.25) is 0 Å². The maximum Gasteiger partial charge on any atom is 0.149 e. The van der Waals surface area contributed by atoms with Crippen LogP contribution in [0.15, 0.2) is 24.3 Å². The van der Waals surface area contributed by atoms with Crippen molar-refractivity contribution < 1.29 is 14.9 Å². The van der Waals surface area contributed by atoms with Crippen LogP contribution in [0.5, 0.6) is 5.75 Å². The van der Waals surface area contributed by atoms with Gasteiger partial charge in [-0.15, -0.1) is 21.5 Å². The summed E-state index contributed by atoms with van der Waals surface area (Å²) in [6, 6.07) is 7.56. The minimum atomic E-state index is -0.546. The van der Waals surface area contributed by atoms with Crippen molar-refractivity contribution in [2.75, 3.05) is 18.5 Å². The number of hydrogen-bond acceptors (Lipinski definition) is 7. The van der Waals surface area contributed by atoms with Crippen LogP contribution in [0.25, 0.3) is 21.3 Å². The van der Waals surface area contributed by atoms with Crippen molar-refractivity contribution >= 4 is 27.2 Å². The summed E-state index contributed by atoms with van der Waals surface area (Å²) in [5.41, 5.74) is 2.22. The number of thiophene rings is 1. The minimum Gasteiger partial charge on any atom is -0.507 e. The molecule has 0 aliphatic carbocycles. The summed E-state index contributed by atoms with van der Waals surface area (Å²) in [7, 11) is 0. The highest BCUT2D eigenvalue weighted by molar-refractivity contribution is 7.19. The fourth-order valence-electron chi connectivity index (χ4n) is 3.11. The Morgan fingerprint density at radius 3 is 2.76 bits per heavy atom. The standard InChI is InChI=1S/C18H19N3O3S/c1-9-5-16(19-13-7-24-8-14(13)22)20-21-17(9)11-3-4-15-12(18(11)23)6-10(2)25-15/h3-6,13-14,22-23H,7-8H2,1-2H3,(H,19,20)/t13-,14-/m1/s1. The summed E-state index contributed by atoms with van der Waals surface area (Å²) in [5, 5.41) is 33.0. The average molecular weight is 357 g/mol. The average Bonchev–Trinajstić information content (AvgIpc) is 3.15. The van der Waals surface area contributed by atoms with Gasteiger partial charge in [-0.2, -0.15) is 0 Å². The van der Waals surface area contributed by atoms with Gasteiger partial charge in [0.2, 0.25) is 0 Å². The Labute approximate surface area is 149 Å². The summed E-state index contributed by atoms with van der Waals surface area (Å²) >= 11 is 1.65. The number of anilines is 1. The Balaban J connectivity index is 1.68. The molecule has 6 nitrogen and oxygen atoms in total. The number of nitrogens with one attached hydrogen (secondary N) is 1. The first-order chi connectivity index (χ1) is 12.0. The first-order valence-electron chi connectivity index (χ1n) is 8.12. The van der Waals surface area contributed by atoms with E-state index in [1.165, 1.54) is 0 Å². The van der Waals surface area contributed by atoms with Crippen molar-refractivity contribution in [2.24, 2.45) is 0 Å². The molecule has 0 radical (unpaired) electrons. The number of nitrogens with zero attached hydrogens (tertiary/aromatic N) is 2. The lowest BCUT2D eigenvalue weighted by molar-refractivity contribution is 0.125. The zero-order chi connectivity index (χ0) is 17.6. The van der Waals surface area contributed by atoms with E-state index in [0.717, 1.165) is 20.5 Å². The summed E-state index contributed by atoms with van der Waals surface area (Å²) in [5.74, 6) is 0.822. The summed E-state index contributed by atoms with van der Waals surface area (Å²) in [6.45, 7) is 4.73. The van der Waals surface area contributed by atoms with Gasteiger partial charge in [-0.25, -0.2) is 0 Å². The molecular weight excluding hydrogens is 338 g/mol. The fourth-order valence-corrected chi connectivity index (χ4v) is 4.03. The summed E-state index contributed by atoms with van der Waals surface area (Å²) < 4.78 is 6.28. The van der Waals surface area contributed by atoms with Crippen LogP contribution >= 0.6 is 11.3 Å². The molecule has 3 N–H and O–H groups in total. The Kier molecular flexibility index (Phi) is 4.07. The van der Waals surface area contributed by atoms with E-state index in [4.69, 9.17) is 4.74 Å². The van der Waals surface area contributed by atoms with E-state index >= 15 is 0 Å². The van der Waals surface area contributed by atoms with Crippen LogP contribution in [0.4, 0.5) is 5.82 Å². The lowest BCUT2D eigenvalue weighted by Gasteiger charge is -2.16. The summed E-state index contributed by atoms with van der Waals surface area (Å²) in [6.07, 6.45) is -0.546. The van der Waals surface area contributed by atoms with Gasteiger partial charge < -0.3 is 20.3 Å². The molecule has 4 rings (SSSR count). The number of aromatic nitrogens is 2. The number of ether oxygens (including phenoxy) is 1. The first kappa shape index (κ1) is 16.3. The summed E-state index contributed by atoms with van der Waals surface area (Å²) in [4.78, 5) is 1.15. The second kappa shape index (κ2) is 6.25. The van der Waals surface area contributed by atoms with E-state index in [1.54, 1.807) is 11.3 Å². The maximum absolute atomic E-state index is 10.6. The zero-order valence-electron chi connectivity index (χ0n) is 14.0. The molecule has 1 saturated heterocycles. The molecule has 2 atom stereocenters. The van der Waals surface area contributed by atoms with Crippen molar-refractivity contribution in [3.8, 4) is 17.0 Å². The molecule has 1 aliphatic rings. The van der Waals surface area contributed by atoms with Crippen LogP contribution in [-0.4, -0.2) is 45.8 Å². The van der Waals surface area contributed by atoms with Crippen molar-refractivity contribution in [1.29, 1.82) is 0 Å². The third-order valence-electron chi connectivity index (χ3n) is 4.42. The molecule has 3 aromatic rings. The van der Waals surface area contributed by atoms with Gasteiger partial charge in [0.1, 0.15) is 11.6 Å². The molecule has 25 heavy (non-hydrogen) atoms. The van der Waals surface area contributed by atoms with Gasteiger partial charge in [0.05, 0.1) is 31.1 Å². The topological polar surface area (TPSA) is 87.5 Å². The molecule has 1 aromatic carbocycles. The molecule has 0 spiro atoms. The molecule has 0 amide bonds. The second-order valence-corrected chi connectivity index (χ2v) is 7.64. The Morgan fingerprint density at radius 2 is 2.04 bits per heavy atom. The number of phenols is 1. The molecule has 3 heterocycles. The van der Waals surface area contributed by atoms with E-state index in [2.05, 4.69) is 15.5 Å². The molecule has 0 bridgehead atoms. The van der Waals surface area contributed by atoms with Gasteiger partial charge in [0.25, 0.3) is 0 Å². The highest BCUT2D eigenvalue weighted by Crippen LogP contribution is 2.39. The molecule has 130 valence electrons. The normalized spacial score (nSPS) is 20.3. The van der Waals surface area contributed by atoms with Crippen molar-refractivity contribution in [3.63, 3.8) is 0 Å². The SMILES string of the molecule is Cc1cc2c(O)c(-c3nnc(N[C@@H]4COC[C@H]4O)cc3C)ccc2s1. The third kappa shape index (κ3) is 2.95. The zero-order valence-corrected chi connectivity index (χ0v) is 14.8. The lowest BCUT2D eigenvalue weighted by atomic mass is 10.0. The highest BCUT2D eigenvalue weighted by atomic mass is 32.1. The van der Waals surface area contributed by atoms with Gasteiger partial charge in [0.15, 0.2) is 0 Å². The Hall–Kier alpha value is -2.22. The van der Waals surface area contributed by atoms with Crippen molar-refractivity contribution in [2.45, 2.75) is 26.0 Å². The number of phenolic OH excluding ortho intramolecular Hbond substituents is 1. The maximum atomic E-state index is 10.6. The predicted octanol–water partition coefficient (Wildman–Crippen LogP) is 2.85. The minimum absolute atomic E-state index is 0.182. The van der Waals surface area contributed by atoms with E-state index < -0.39 is 6.10 Å². The number of aromatic hydroxyl groups is 1. The number of aliphatic hydroxyl groups excluding tert-OH is 1. The smallest absolute Gasteiger partial charge is 0.149 e. The third-order valence-corrected chi connectivity index (χ3v) is 5.43. The van der Waals surface area contributed by atoms with Crippen molar-refractivity contribution in [3.05, 3.63) is 34.7 Å². The van der Waals surface area contributed by atoms with Crippen LogP contribution in [0.1, 0.15) is 10.4 Å². The van der Waals surface area contributed by atoms with Crippen LogP contribution in [0.3, 0.4) is 0 Å². The first-order valence-corrected chi connectivity index (χ1v) is 8.94. The van der Waals surface area contributed by atoms with Gasteiger partial charge in [-0.1, -0.05) is 0 Å². The van der Waals surface area contributed by atoms with Crippen LogP contribution < -0.4 is 5.32 Å². The van der Waals surface area contributed by atoms with Gasteiger partial charge in [-0.05, 0) is 43.7 Å². The molecule has 1 fully saturated rings. The number of aliphatic hydroxyl groups is 1.